The van der Waals surface area contributed by atoms with Crippen molar-refractivity contribution in [3.05, 3.63) is 106 Å². The van der Waals surface area contributed by atoms with Gasteiger partial charge in [0.15, 0.2) is 6.61 Å². The van der Waals surface area contributed by atoms with Crippen molar-refractivity contribution in [2.75, 3.05) is 11.9 Å². The van der Waals surface area contributed by atoms with Crippen molar-refractivity contribution in [2.45, 2.75) is 12.8 Å². The topological polar surface area (TPSA) is 91.6 Å². The average molecular weight is 469 g/mol. The van der Waals surface area contributed by atoms with Crippen molar-refractivity contribution in [1.82, 2.24) is 9.36 Å². The summed E-state index contributed by atoms with van der Waals surface area (Å²) < 4.78 is 14.4. The van der Waals surface area contributed by atoms with Crippen LogP contribution in [0.4, 0.5) is 5.69 Å². The van der Waals surface area contributed by atoms with Gasteiger partial charge >= 0.3 is 5.97 Å². The van der Waals surface area contributed by atoms with E-state index in [4.69, 9.17) is 9.47 Å². The Balaban J connectivity index is 1.34. The Bertz CT molecular complexity index is 1440. The molecule has 0 saturated carbocycles. The first kappa shape index (κ1) is 22.2. The van der Waals surface area contributed by atoms with Gasteiger partial charge in [0.2, 0.25) is 0 Å². The van der Waals surface area contributed by atoms with Crippen LogP contribution in [0.2, 0.25) is 0 Å². The summed E-state index contributed by atoms with van der Waals surface area (Å²) in [7, 11) is 1.74. The molecule has 0 bridgehead atoms. The molecule has 8 nitrogen and oxygen atoms in total. The maximum atomic E-state index is 13.1. The third-order valence-corrected chi connectivity index (χ3v) is 6.08. The highest BCUT2D eigenvalue weighted by molar-refractivity contribution is 5.94. The third kappa shape index (κ3) is 3.99. The molecule has 1 N–H and O–H groups in total. The minimum absolute atomic E-state index is 0.138. The number of esters is 1. The fourth-order valence-corrected chi connectivity index (χ4v) is 4.27. The maximum Gasteiger partial charge on any atom is 0.318 e. The number of ether oxygens (including phenoxy) is 2. The molecule has 1 aromatic heterocycles. The number of anilines is 1. The highest BCUT2D eigenvalue weighted by Gasteiger charge is 2.34. The van der Waals surface area contributed by atoms with E-state index < -0.39 is 24.4 Å². The number of fused-ring (bicyclic) bond motifs is 2. The first-order valence-corrected chi connectivity index (χ1v) is 11.1. The molecule has 0 aliphatic carbocycles. The van der Waals surface area contributed by atoms with Crippen molar-refractivity contribution in [3.8, 4) is 17.2 Å². The SMILES string of the molecule is Cc1c(NC(=O)COC(=O)C2c3ccccc3Oc3ccccc32)c(=O)n(-c2ccccc2)n1C. The fraction of sp³-hybridized carbons (Fsp3) is 0.148. The quantitative estimate of drug-likeness (QED) is 0.448. The second kappa shape index (κ2) is 8.98. The van der Waals surface area contributed by atoms with Gasteiger partial charge in [-0.05, 0) is 31.2 Å². The lowest BCUT2D eigenvalue weighted by Crippen LogP contribution is -2.28. The van der Waals surface area contributed by atoms with Gasteiger partial charge < -0.3 is 14.8 Å². The summed E-state index contributed by atoms with van der Waals surface area (Å²) in [5.41, 5.74) is 2.35. The molecule has 0 radical (unpaired) electrons. The van der Waals surface area contributed by atoms with Gasteiger partial charge in [0.25, 0.3) is 11.5 Å². The largest absolute Gasteiger partial charge is 0.457 e. The van der Waals surface area contributed by atoms with Crippen molar-refractivity contribution >= 4 is 17.6 Å². The molecule has 1 amide bonds. The zero-order valence-corrected chi connectivity index (χ0v) is 19.2. The van der Waals surface area contributed by atoms with E-state index in [-0.39, 0.29) is 11.2 Å². The summed E-state index contributed by atoms with van der Waals surface area (Å²) >= 11 is 0. The number of aromatic nitrogens is 2. The molecule has 0 atom stereocenters. The van der Waals surface area contributed by atoms with Crippen LogP contribution in [0.3, 0.4) is 0 Å². The van der Waals surface area contributed by atoms with Crippen LogP contribution >= 0.6 is 0 Å². The van der Waals surface area contributed by atoms with Crippen LogP contribution in [0.25, 0.3) is 5.69 Å². The summed E-state index contributed by atoms with van der Waals surface area (Å²) in [6.45, 7) is 1.21. The third-order valence-electron chi connectivity index (χ3n) is 6.08. The van der Waals surface area contributed by atoms with Gasteiger partial charge in [0.1, 0.15) is 23.1 Å². The number of para-hydroxylation sites is 3. The van der Waals surface area contributed by atoms with Gasteiger partial charge in [-0.3, -0.25) is 19.1 Å². The van der Waals surface area contributed by atoms with Gasteiger partial charge in [0, 0.05) is 18.2 Å². The monoisotopic (exact) mass is 469 g/mol. The van der Waals surface area contributed by atoms with Crippen LogP contribution in [0.15, 0.2) is 83.7 Å². The van der Waals surface area contributed by atoms with Crippen LogP contribution in [0.1, 0.15) is 22.7 Å². The second-order valence-corrected chi connectivity index (χ2v) is 8.20. The Labute approximate surface area is 201 Å². The second-order valence-electron chi connectivity index (χ2n) is 8.20. The normalized spacial score (nSPS) is 12.3. The van der Waals surface area contributed by atoms with Gasteiger partial charge in [-0.25, -0.2) is 4.68 Å². The van der Waals surface area contributed by atoms with E-state index in [2.05, 4.69) is 5.32 Å². The summed E-state index contributed by atoms with van der Waals surface area (Å²) in [6, 6.07) is 23.6. The first-order valence-electron chi connectivity index (χ1n) is 11.1. The number of carbonyl (C=O) groups is 2. The van der Waals surface area contributed by atoms with E-state index in [1.54, 1.807) is 55.1 Å². The molecule has 3 aromatic carbocycles. The first-order chi connectivity index (χ1) is 17.0. The molecule has 176 valence electrons. The minimum atomic E-state index is -0.724. The average Bonchev–Trinajstić information content (AvgIpc) is 3.09. The Morgan fingerprint density at radius 1 is 0.914 bits per heavy atom. The van der Waals surface area contributed by atoms with E-state index in [1.807, 2.05) is 42.5 Å². The molecule has 0 spiro atoms. The zero-order valence-electron chi connectivity index (χ0n) is 19.2. The number of rotatable bonds is 5. The Morgan fingerprint density at radius 2 is 1.49 bits per heavy atom. The molecule has 0 fully saturated rings. The molecule has 0 saturated heterocycles. The molecule has 1 aliphatic heterocycles. The molecule has 2 heterocycles. The molecular weight excluding hydrogens is 446 g/mol. The van der Waals surface area contributed by atoms with E-state index in [1.165, 1.54) is 4.68 Å². The van der Waals surface area contributed by atoms with Crippen molar-refractivity contribution < 1.29 is 19.1 Å². The molecule has 4 aromatic rings. The Morgan fingerprint density at radius 3 is 2.11 bits per heavy atom. The predicted molar refractivity (Wildman–Crippen MR) is 130 cm³/mol. The van der Waals surface area contributed by atoms with Gasteiger partial charge in [-0.1, -0.05) is 54.6 Å². The van der Waals surface area contributed by atoms with Crippen LogP contribution in [-0.4, -0.2) is 27.8 Å². The number of benzene rings is 3. The van der Waals surface area contributed by atoms with Crippen molar-refractivity contribution in [1.29, 1.82) is 0 Å². The van der Waals surface area contributed by atoms with Gasteiger partial charge in [0.05, 0.1) is 11.4 Å². The van der Waals surface area contributed by atoms with Crippen LogP contribution in [0.5, 0.6) is 11.5 Å². The number of hydrogen-bond acceptors (Lipinski definition) is 5. The standard InChI is InChI=1S/C27H23N3O5/c1-17-25(26(32)30(29(17)2)18-10-4-3-5-11-18)28-23(31)16-34-27(33)24-19-12-6-8-14-21(19)35-22-15-9-7-13-20(22)24/h3-15,24H,16H2,1-2H3,(H,28,31). The smallest absolute Gasteiger partial charge is 0.318 e. The minimum Gasteiger partial charge on any atom is -0.457 e. The summed E-state index contributed by atoms with van der Waals surface area (Å²) in [6.07, 6.45) is 0. The van der Waals surface area contributed by atoms with Crippen LogP contribution in [-0.2, 0) is 21.4 Å². The fourth-order valence-electron chi connectivity index (χ4n) is 4.27. The highest BCUT2D eigenvalue weighted by atomic mass is 16.5. The molecule has 35 heavy (non-hydrogen) atoms. The zero-order chi connectivity index (χ0) is 24.5. The lowest BCUT2D eigenvalue weighted by Gasteiger charge is -2.26. The number of amides is 1. The molecule has 5 rings (SSSR count). The number of carbonyl (C=O) groups excluding carboxylic acids is 2. The van der Waals surface area contributed by atoms with E-state index in [0.29, 0.717) is 34.0 Å². The summed E-state index contributed by atoms with van der Waals surface area (Å²) in [4.78, 5) is 38.8. The summed E-state index contributed by atoms with van der Waals surface area (Å²) in [5.74, 6) is -0.761. The lowest BCUT2D eigenvalue weighted by molar-refractivity contribution is -0.148. The van der Waals surface area contributed by atoms with Crippen molar-refractivity contribution in [2.24, 2.45) is 7.05 Å². The maximum absolute atomic E-state index is 13.1. The Hall–Kier alpha value is -4.59. The van der Waals surface area contributed by atoms with Gasteiger partial charge in [-0.15, -0.1) is 0 Å². The van der Waals surface area contributed by atoms with E-state index in [9.17, 15) is 14.4 Å². The Kier molecular flexibility index (Phi) is 5.70. The van der Waals surface area contributed by atoms with Crippen LogP contribution in [0, 0.1) is 6.92 Å². The van der Waals surface area contributed by atoms with E-state index >= 15 is 0 Å². The number of nitrogens with zero attached hydrogens (tertiary/aromatic N) is 2. The highest BCUT2D eigenvalue weighted by Crippen LogP contribution is 2.44. The summed E-state index contributed by atoms with van der Waals surface area (Å²) in [5, 5.41) is 2.61. The predicted octanol–water partition coefficient (Wildman–Crippen LogP) is 3.90. The molecule has 8 heteroatoms. The molecule has 0 unspecified atom stereocenters. The molecular formula is C27H23N3O5. The number of nitrogens with one attached hydrogen (secondary N) is 1. The molecule has 1 aliphatic rings. The number of hydrogen-bond donors (Lipinski definition) is 1. The lowest BCUT2D eigenvalue weighted by atomic mass is 9.88. The van der Waals surface area contributed by atoms with E-state index in [0.717, 1.165) is 0 Å². The van der Waals surface area contributed by atoms with Gasteiger partial charge in [-0.2, -0.15) is 0 Å². The van der Waals surface area contributed by atoms with Crippen molar-refractivity contribution in [3.63, 3.8) is 0 Å². The van der Waals surface area contributed by atoms with Crippen LogP contribution < -0.4 is 15.6 Å².